The van der Waals surface area contributed by atoms with Crippen LogP contribution < -0.4 is 16.0 Å². The quantitative estimate of drug-likeness (QED) is 0.693. The molecule has 0 aliphatic heterocycles. The first kappa shape index (κ1) is 20.5. The maximum Gasteiger partial charge on any atom is 0.315 e. The number of hydrogen-bond acceptors (Lipinski definition) is 3. The minimum absolute atomic E-state index is 0.00366. The van der Waals surface area contributed by atoms with Crippen LogP contribution in [-0.4, -0.2) is 48.4 Å². The Morgan fingerprint density at radius 3 is 2.28 bits per heavy atom. The molecule has 1 aromatic rings. The second kappa shape index (κ2) is 9.66. The van der Waals surface area contributed by atoms with Crippen molar-refractivity contribution in [2.75, 3.05) is 20.1 Å². The summed E-state index contributed by atoms with van der Waals surface area (Å²) in [5, 5.41) is 8.15. The Morgan fingerprint density at radius 2 is 1.68 bits per heavy atom. The van der Waals surface area contributed by atoms with Crippen molar-refractivity contribution < 1.29 is 14.4 Å². The van der Waals surface area contributed by atoms with Crippen molar-refractivity contribution in [1.82, 2.24) is 20.9 Å². The first-order valence-corrected chi connectivity index (χ1v) is 8.28. The maximum absolute atomic E-state index is 12.0. The van der Waals surface area contributed by atoms with Gasteiger partial charge in [-0.3, -0.25) is 9.59 Å². The van der Waals surface area contributed by atoms with Crippen molar-refractivity contribution in [2.45, 2.75) is 39.3 Å². The molecule has 4 amide bonds. The number of nitrogens with one attached hydrogen (secondary N) is 3. The molecule has 0 fully saturated rings. The zero-order valence-electron chi connectivity index (χ0n) is 15.4. The Hall–Kier alpha value is -2.57. The van der Waals surface area contributed by atoms with Gasteiger partial charge in [-0.2, -0.15) is 0 Å². The zero-order valence-corrected chi connectivity index (χ0v) is 15.4. The topological polar surface area (TPSA) is 90.5 Å². The molecule has 0 aliphatic rings. The fourth-order valence-corrected chi connectivity index (χ4v) is 2.08. The predicted molar refractivity (Wildman–Crippen MR) is 96.8 cm³/mol. The first-order valence-electron chi connectivity index (χ1n) is 8.28. The van der Waals surface area contributed by atoms with E-state index >= 15 is 0 Å². The molecule has 7 nitrogen and oxygen atoms in total. The van der Waals surface area contributed by atoms with Crippen LogP contribution in [0.15, 0.2) is 30.3 Å². The summed E-state index contributed by atoms with van der Waals surface area (Å²) in [6.45, 7) is 6.27. The molecule has 0 unspecified atom stereocenters. The van der Waals surface area contributed by atoms with Crippen LogP contribution >= 0.6 is 0 Å². The summed E-state index contributed by atoms with van der Waals surface area (Å²) in [5.74, 6) is -0.413. The lowest BCUT2D eigenvalue weighted by Gasteiger charge is -2.23. The van der Waals surface area contributed by atoms with E-state index in [-0.39, 0.29) is 42.9 Å². The van der Waals surface area contributed by atoms with Crippen LogP contribution in [0.3, 0.4) is 0 Å². The van der Waals surface area contributed by atoms with Gasteiger partial charge in [-0.25, -0.2) is 4.79 Å². The van der Waals surface area contributed by atoms with Gasteiger partial charge < -0.3 is 20.9 Å². The van der Waals surface area contributed by atoms with Crippen LogP contribution in [0.5, 0.6) is 0 Å². The lowest BCUT2D eigenvalue weighted by molar-refractivity contribution is -0.135. The highest BCUT2D eigenvalue weighted by Gasteiger charge is 2.17. The van der Waals surface area contributed by atoms with Gasteiger partial charge in [0, 0.05) is 32.1 Å². The molecule has 7 heteroatoms. The highest BCUT2D eigenvalue weighted by Crippen LogP contribution is 1.99. The minimum atomic E-state index is -0.334. The van der Waals surface area contributed by atoms with E-state index in [4.69, 9.17) is 0 Å². The largest absolute Gasteiger partial charge is 0.350 e. The Morgan fingerprint density at radius 1 is 1.04 bits per heavy atom. The third-order valence-electron chi connectivity index (χ3n) is 3.24. The van der Waals surface area contributed by atoms with Crippen LogP contribution in [0.2, 0.25) is 0 Å². The molecule has 0 bridgehead atoms. The van der Waals surface area contributed by atoms with Crippen molar-refractivity contribution >= 4 is 17.8 Å². The van der Waals surface area contributed by atoms with Crippen molar-refractivity contribution in [3.8, 4) is 0 Å². The molecule has 0 atom stereocenters. The van der Waals surface area contributed by atoms with Gasteiger partial charge >= 0.3 is 6.03 Å². The van der Waals surface area contributed by atoms with Gasteiger partial charge in [-0.05, 0) is 26.3 Å². The fourth-order valence-electron chi connectivity index (χ4n) is 2.08. The van der Waals surface area contributed by atoms with Crippen LogP contribution in [0, 0.1) is 0 Å². The average Bonchev–Trinajstić information content (AvgIpc) is 2.51. The Labute approximate surface area is 149 Å². The smallest absolute Gasteiger partial charge is 0.315 e. The number of likely N-dealkylation sites (N-methyl/N-ethyl adjacent to an activating group) is 1. The fraction of sp³-hybridized carbons (Fsp3) is 0.500. The highest BCUT2D eigenvalue weighted by molar-refractivity contribution is 5.85. The molecule has 1 aromatic carbocycles. The monoisotopic (exact) mass is 348 g/mol. The molecule has 0 heterocycles. The predicted octanol–water partition coefficient (Wildman–Crippen LogP) is 1.25. The van der Waals surface area contributed by atoms with Crippen molar-refractivity contribution in [3.63, 3.8) is 0 Å². The second-order valence-corrected chi connectivity index (χ2v) is 6.89. The van der Waals surface area contributed by atoms with Crippen LogP contribution in [0.4, 0.5) is 4.79 Å². The maximum atomic E-state index is 12.0. The molecule has 0 saturated carbocycles. The summed E-state index contributed by atoms with van der Waals surface area (Å²) < 4.78 is 0. The van der Waals surface area contributed by atoms with E-state index < -0.39 is 0 Å². The van der Waals surface area contributed by atoms with E-state index in [1.807, 2.05) is 51.1 Å². The van der Waals surface area contributed by atoms with Gasteiger partial charge in [0.15, 0.2) is 0 Å². The summed E-state index contributed by atoms with van der Waals surface area (Å²) in [7, 11) is 1.57. The minimum Gasteiger partial charge on any atom is -0.350 e. The lowest BCUT2D eigenvalue weighted by Crippen LogP contribution is -2.46. The molecule has 0 spiro atoms. The number of nitrogens with zero attached hydrogens (tertiary/aromatic N) is 1. The van der Waals surface area contributed by atoms with Gasteiger partial charge in [-0.1, -0.05) is 30.3 Å². The lowest BCUT2D eigenvalue weighted by atomic mass is 10.1. The molecule has 0 saturated heterocycles. The van der Waals surface area contributed by atoms with Crippen molar-refractivity contribution in [1.29, 1.82) is 0 Å². The number of carbonyl (C=O) groups is 3. The molecule has 1 rings (SSSR count). The summed E-state index contributed by atoms with van der Waals surface area (Å²) in [6.07, 6.45) is 0.137. The van der Waals surface area contributed by atoms with E-state index in [1.165, 1.54) is 4.90 Å². The summed E-state index contributed by atoms with van der Waals surface area (Å²) in [6, 6.07) is 9.22. The zero-order chi connectivity index (χ0) is 18.9. The third-order valence-corrected chi connectivity index (χ3v) is 3.24. The average molecular weight is 348 g/mol. The second-order valence-electron chi connectivity index (χ2n) is 6.89. The van der Waals surface area contributed by atoms with Crippen LogP contribution in [0.25, 0.3) is 0 Å². The summed E-state index contributed by atoms with van der Waals surface area (Å²) in [4.78, 5) is 36.8. The van der Waals surface area contributed by atoms with E-state index in [1.54, 1.807) is 7.05 Å². The molecule has 0 aromatic heterocycles. The Kier molecular flexibility index (Phi) is 7.91. The SMILES string of the molecule is CN(CC(=O)NC(C)(C)C)C(=O)CCNC(=O)NCc1ccccc1. The number of hydrogen-bond donors (Lipinski definition) is 3. The van der Waals surface area contributed by atoms with Gasteiger partial charge in [0.1, 0.15) is 0 Å². The third kappa shape index (κ3) is 9.34. The molecule has 0 radical (unpaired) electrons. The summed E-state index contributed by atoms with van der Waals surface area (Å²) >= 11 is 0. The normalized spacial score (nSPS) is 10.7. The number of urea groups is 1. The molecule has 25 heavy (non-hydrogen) atoms. The van der Waals surface area contributed by atoms with Crippen LogP contribution in [0.1, 0.15) is 32.8 Å². The van der Waals surface area contributed by atoms with Crippen molar-refractivity contribution in [3.05, 3.63) is 35.9 Å². The molecule has 0 aliphatic carbocycles. The first-order chi connectivity index (χ1) is 11.7. The van der Waals surface area contributed by atoms with E-state index in [0.29, 0.717) is 6.54 Å². The Bertz CT molecular complexity index is 582. The summed E-state index contributed by atoms with van der Waals surface area (Å²) in [5.41, 5.74) is 0.664. The van der Waals surface area contributed by atoms with E-state index in [9.17, 15) is 14.4 Å². The molecule has 138 valence electrons. The highest BCUT2D eigenvalue weighted by atomic mass is 16.2. The molecule has 3 N–H and O–H groups in total. The van der Waals surface area contributed by atoms with Gasteiger partial charge in [0.25, 0.3) is 0 Å². The van der Waals surface area contributed by atoms with Gasteiger partial charge in [0.05, 0.1) is 6.54 Å². The molecular weight excluding hydrogens is 320 g/mol. The standard InChI is InChI=1S/C18H28N4O3/c1-18(2,3)21-15(23)13-22(4)16(24)10-11-19-17(25)20-12-14-8-6-5-7-9-14/h5-9H,10-13H2,1-4H3,(H,21,23)(H2,19,20,25). The number of rotatable bonds is 7. The number of amides is 4. The number of benzene rings is 1. The van der Waals surface area contributed by atoms with Crippen molar-refractivity contribution in [2.24, 2.45) is 0 Å². The molecular formula is C18H28N4O3. The van der Waals surface area contributed by atoms with E-state index in [0.717, 1.165) is 5.56 Å². The van der Waals surface area contributed by atoms with Gasteiger partial charge in [-0.15, -0.1) is 0 Å². The van der Waals surface area contributed by atoms with Crippen LogP contribution in [-0.2, 0) is 16.1 Å². The van der Waals surface area contributed by atoms with Gasteiger partial charge in [0.2, 0.25) is 11.8 Å². The Balaban J connectivity index is 2.22. The van der Waals surface area contributed by atoms with E-state index in [2.05, 4.69) is 16.0 Å². The number of carbonyl (C=O) groups excluding carboxylic acids is 3.